The van der Waals surface area contributed by atoms with Gasteiger partial charge in [-0.1, -0.05) is 20.8 Å². The predicted octanol–water partition coefficient (Wildman–Crippen LogP) is 0.759. The van der Waals surface area contributed by atoms with Crippen LogP contribution in [0.15, 0.2) is 14.6 Å². The molecule has 0 saturated heterocycles. The average Bonchev–Trinajstić information content (AvgIpc) is 2.75. The molecule has 2 unspecified atom stereocenters. The molecule has 0 aromatic heterocycles. The van der Waals surface area contributed by atoms with Crippen molar-refractivity contribution in [3.63, 3.8) is 0 Å². The Morgan fingerprint density at radius 3 is 2.10 bits per heavy atom. The van der Waals surface area contributed by atoms with Crippen molar-refractivity contribution in [3.05, 3.63) is 20.4 Å². The van der Waals surface area contributed by atoms with E-state index >= 15 is 0 Å². The largest absolute Gasteiger partial charge is 0.394 e. The maximum atomic E-state index is 13.2. The normalized spacial score (nSPS) is 14.9. The van der Waals surface area contributed by atoms with Crippen molar-refractivity contribution >= 4 is 41.8 Å². The summed E-state index contributed by atoms with van der Waals surface area (Å²) < 4.78 is 5.67. The molecule has 12 nitrogen and oxygen atoms in total. The number of rotatable bonds is 17. The minimum atomic E-state index is -0.833. The van der Waals surface area contributed by atoms with Crippen LogP contribution in [0.5, 0.6) is 0 Å². The number of carbonyl (C=O) groups excluding carboxylic acids is 2. The van der Waals surface area contributed by atoms with E-state index in [0.717, 1.165) is 0 Å². The van der Waals surface area contributed by atoms with Gasteiger partial charge in [0.2, 0.25) is 11.8 Å². The van der Waals surface area contributed by atoms with Crippen LogP contribution in [0.1, 0.15) is 80.6 Å². The molecule has 222 valence electrons. The van der Waals surface area contributed by atoms with E-state index in [4.69, 9.17) is 40.3 Å². The number of hydrogen-bond donors (Lipinski definition) is 7. The van der Waals surface area contributed by atoms with Crippen LogP contribution in [0.4, 0.5) is 11.4 Å². The van der Waals surface area contributed by atoms with Crippen LogP contribution < -0.4 is 44.4 Å². The molecule has 1 rings (SSSR count). The number of guanidine groups is 1. The van der Waals surface area contributed by atoms with Gasteiger partial charge in [-0.3, -0.25) is 24.2 Å². The molecule has 1 aromatic rings. The van der Waals surface area contributed by atoms with E-state index in [-0.39, 0.29) is 29.1 Å². The quantitative estimate of drug-likeness (QED) is 0.0462. The van der Waals surface area contributed by atoms with Crippen molar-refractivity contribution in [2.24, 2.45) is 27.6 Å². The summed E-state index contributed by atoms with van der Waals surface area (Å²) in [6.07, 6.45) is 2.28. The second kappa shape index (κ2) is 13.0. The van der Waals surface area contributed by atoms with Crippen molar-refractivity contribution in [1.29, 1.82) is 0 Å². The summed E-state index contributed by atoms with van der Waals surface area (Å²) in [5.74, 6) is -0.808. The van der Waals surface area contributed by atoms with Gasteiger partial charge in [-0.05, 0) is 59.8 Å². The molecule has 0 aliphatic rings. The minimum Gasteiger partial charge on any atom is -0.394 e. The van der Waals surface area contributed by atoms with Crippen molar-refractivity contribution in [1.82, 2.24) is 5.32 Å². The molecule has 2 amide bonds. The Bertz CT molecular complexity index is 1120. The third kappa shape index (κ3) is 11.1. The van der Waals surface area contributed by atoms with Gasteiger partial charge in [0.15, 0.2) is 5.96 Å². The third-order valence-electron chi connectivity index (χ3n) is 6.51. The molecule has 0 bridgehead atoms. The van der Waals surface area contributed by atoms with Gasteiger partial charge in [-0.25, -0.2) is 0 Å². The van der Waals surface area contributed by atoms with E-state index in [1.165, 1.54) is 0 Å². The van der Waals surface area contributed by atoms with E-state index in [0.29, 0.717) is 45.3 Å². The van der Waals surface area contributed by atoms with Gasteiger partial charge in [0.25, 0.3) is 10.9 Å². The summed E-state index contributed by atoms with van der Waals surface area (Å²) in [6, 6.07) is -0.833. The zero-order chi connectivity index (χ0) is 30.4. The molecule has 2 atom stereocenters. The first-order valence-electron chi connectivity index (χ1n) is 13.0. The lowest BCUT2D eigenvalue weighted by Crippen LogP contribution is -2.52. The number of hydrogen-bond acceptors (Lipinski definition) is 9. The topological polar surface area (TPSA) is 218 Å². The van der Waals surface area contributed by atoms with Crippen LogP contribution in [-0.2, 0) is 14.3 Å². The molecular weight excluding hydrogens is 522 g/mol. The standard InChI is InChI=1S/C26H47N7O5S/c1-23(2,21(28)37)13-26(7,39)14-25(5,6)38-12-10-24(3,4)33-20(36)15(9-8-11-31-22(29)30)32-17-16(27)18(34)19(17)35/h15,32,39H,8-14,27H2,1-7H3,(H2,28,37)(H,33,36)(H4,29,30,31). The van der Waals surface area contributed by atoms with E-state index < -0.39 is 38.2 Å². The molecule has 0 aliphatic carbocycles. The summed E-state index contributed by atoms with van der Waals surface area (Å²) in [5, 5.41) is 5.80. The van der Waals surface area contributed by atoms with Gasteiger partial charge >= 0.3 is 0 Å². The average molecular weight is 570 g/mol. The zero-order valence-electron chi connectivity index (χ0n) is 24.3. The predicted molar refractivity (Wildman–Crippen MR) is 160 cm³/mol. The first-order chi connectivity index (χ1) is 17.6. The highest BCUT2D eigenvalue weighted by Gasteiger charge is 2.38. The number of anilines is 2. The lowest BCUT2D eigenvalue weighted by Gasteiger charge is -2.38. The number of nitrogens with two attached hydrogens (primary N) is 4. The first-order valence-corrected chi connectivity index (χ1v) is 13.4. The van der Waals surface area contributed by atoms with Gasteiger partial charge in [0, 0.05) is 28.9 Å². The van der Waals surface area contributed by atoms with E-state index in [1.807, 2.05) is 34.6 Å². The first kappa shape index (κ1) is 34.2. The van der Waals surface area contributed by atoms with Crippen molar-refractivity contribution < 1.29 is 14.3 Å². The smallest absolute Gasteiger partial charge is 0.253 e. The molecule has 1 aromatic carbocycles. The van der Waals surface area contributed by atoms with Crippen LogP contribution in [0.2, 0.25) is 0 Å². The number of carbonyl (C=O) groups is 2. The van der Waals surface area contributed by atoms with Crippen molar-refractivity contribution in [3.8, 4) is 0 Å². The Kier molecular flexibility index (Phi) is 11.4. The Labute approximate surface area is 236 Å². The molecular formula is C26H47N7O5S. The number of aliphatic imine (C=N–C) groups is 1. The van der Waals surface area contributed by atoms with Crippen LogP contribution >= 0.6 is 12.6 Å². The van der Waals surface area contributed by atoms with Gasteiger partial charge in [-0.15, -0.1) is 0 Å². The highest BCUT2D eigenvalue weighted by molar-refractivity contribution is 7.81. The van der Waals surface area contributed by atoms with Gasteiger partial charge in [-0.2, -0.15) is 12.6 Å². The summed E-state index contributed by atoms with van der Waals surface area (Å²) in [6.45, 7) is 13.8. The number of nitrogen functional groups attached to an aromatic ring is 1. The second-order valence-corrected chi connectivity index (χ2v) is 13.5. The Morgan fingerprint density at radius 2 is 1.59 bits per heavy atom. The minimum absolute atomic E-state index is 0.0563. The number of nitrogens with zero attached hydrogens (tertiary/aromatic N) is 1. The monoisotopic (exact) mass is 569 g/mol. The van der Waals surface area contributed by atoms with E-state index in [2.05, 4.69) is 15.6 Å². The van der Waals surface area contributed by atoms with Crippen LogP contribution in [0.25, 0.3) is 0 Å². The Morgan fingerprint density at radius 1 is 1.00 bits per heavy atom. The summed E-state index contributed by atoms with van der Waals surface area (Å²) in [5.41, 5.74) is 18.2. The maximum Gasteiger partial charge on any atom is 0.253 e. The lowest BCUT2D eigenvalue weighted by molar-refractivity contribution is -0.127. The highest BCUT2D eigenvalue weighted by Crippen LogP contribution is 2.38. The second-order valence-electron chi connectivity index (χ2n) is 12.4. The van der Waals surface area contributed by atoms with Crippen molar-refractivity contribution in [2.75, 3.05) is 24.2 Å². The molecule has 0 fully saturated rings. The molecule has 0 saturated carbocycles. The molecule has 0 radical (unpaired) electrons. The lowest BCUT2D eigenvalue weighted by atomic mass is 9.78. The molecule has 0 aliphatic heterocycles. The number of thiol groups is 1. The fourth-order valence-corrected chi connectivity index (χ4v) is 5.41. The summed E-state index contributed by atoms with van der Waals surface area (Å²) >= 11 is 4.79. The SMILES string of the molecule is CC(S)(CC(C)(C)OCCC(C)(C)NC(=O)C(CCCN=C(N)N)Nc1c(N)c(=O)c1=O)CC(C)(C)C(N)=O. The van der Waals surface area contributed by atoms with Crippen molar-refractivity contribution in [2.45, 2.75) is 102 Å². The fraction of sp³-hybridized carbons (Fsp3) is 0.731. The number of primary amides is 1. The third-order valence-corrected chi connectivity index (χ3v) is 6.82. The van der Waals surface area contributed by atoms with E-state index in [9.17, 15) is 19.2 Å². The zero-order valence-corrected chi connectivity index (χ0v) is 25.2. The van der Waals surface area contributed by atoms with Crippen LogP contribution in [-0.4, -0.2) is 52.9 Å². The van der Waals surface area contributed by atoms with E-state index in [1.54, 1.807) is 13.8 Å². The van der Waals surface area contributed by atoms with Crippen LogP contribution in [0.3, 0.4) is 0 Å². The van der Waals surface area contributed by atoms with Crippen LogP contribution in [0, 0.1) is 5.41 Å². The molecule has 13 heteroatoms. The number of nitrogens with one attached hydrogen (secondary N) is 2. The Hall–Kier alpha value is -2.80. The molecule has 0 heterocycles. The molecule has 39 heavy (non-hydrogen) atoms. The van der Waals surface area contributed by atoms with Gasteiger partial charge in [0.05, 0.1) is 5.60 Å². The summed E-state index contributed by atoms with van der Waals surface area (Å²) in [4.78, 5) is 52.3. The number of ether oxygens (including phenoxy) is 1. The van der Waals surface area contributed by atoms with Gasteiger partial charge < -0.3 is 38.3 Å². The molecule has 0 spiro atoms. The fourth-order valence-electron chi connectivity index (χ4n) is 4.63. The van der Waals surface area contributed by atoms with Gasteiger partial charge in [0.1, 0.15) is 17.4 Å². The maximum absolute atomic E-state index is 13.2. The summed E-state index contributed by atoms with van der Waals surface area (Å²) in [7, 11) is 0. The highest BCUT2D eigenvalue weighted by atomic mass is 32.1. The Balaban J connectivity index is 2.79. The number of amides is 2. The molecule has 10 N–H and O–H groups in total.